The van der Waals surface area contributed by atoms with E-state index >= 15 is 0 Å². The topological polar surface area (TPSA) is 231 Å². The minimum atomic E-state index is -1.64. The molecular weight excluding hydrogens is 434 g/mol. The smallest absolute Gasteiger partial charge is 0.326 e. The standard InChI is InChI=1S/C17H29N5O8S/c1-7(2)13(17(29)30)22-16(28)10(5-12(24)25)21-15(27)9(3-4-11(19)23)20-14(26)8(18)6-31/h7-10,13,31H,3-6,18H2,1-2H3,(H2,19,23)(H,20,26)(H,21,27)(H,22,28)(H,24,25)(H,29,30). The summed E-state index contributed by atoms with van der Waals surface area (Å²) in [6.45, 7) is 3.06. The molecule has 0 spiro atoms. The molecule has 0 aromatic rings. The molecule has 9 N–H and O–H groups in total. The molecule has 0 heterocycles. The van der Waals surface area contributed by atoms with E-state index in [-0.39, 0.29) is 18.6 Å². The highest BCUT2D eigenvalue weighted by Gasteiger charge is 2.32. The van der Waals surface area contributed by atoms with Gasteiger partial charge in [0.2, 0.25) is 23.6 Å². The van der Waals surface area contributed by atoms with Gasteiger partial charge in [0.05, 0.1) is 12.5 Å². The molecule has 13 nitrogen and oxygen atoms in total. The molecular formula is C17H29N5O8S. The highest BCUT2D eigenvalue weighted by molar-refractivity contribution is 7.80. The lowest BCUT2D eigenvalue weighted by molar-refractivity contribution is -0.144. The highest BCUT2D eigenvalue weighted by atomic mass is 32.1. The summed E-state index contributed by atoms with van der Waals surface area (Å²) < 4.78 is 0. The third-order valence-corrected chi connectivity index (χ3v) is 4.48. The zero-order valence-electron chi connectivity index (χ0n) is 17.2. The molecule has 0 aromatic heterocycles. The van der Waals surface area contributed by atoms with Crippen LogP contribution in [0.15, 0.2) is 0 Å². The summed E-state index contributed by atoms with van der Waals surface area (Å²) in [7, 11) is 0. The quantitative estimate of drug-likeness (QED) is 0.124. The van der Waals surface area contributed by atoms with Gasteiger partial charge in [-0.3, -0.25) is 24.0 Å². The van der Waals surface area contributed by atoms with Crippen molar-refractivity contribution in [2.45, 2.75) is 57.3 Å². The van der Waals surface area contributed by atoms with Crippen LogP contribution in [0, 0.1) is 5.92 Å². The van der Waals surface area contributed by atoms with Crippen LogP contribution in [0.2, 0.25) is 0 Å². The predicted octanol–water partition coefficient (Wildman–Crippen LogP) is -2.82. The summed E-state index contributed by atoms with van der Waals surface area (Å²) in [5.74, 6) is -6.86. The van der Waals surface area contributed by atoms with Gasteiger partial charge in [0, 0.05) is 12.2 Å². The number of hydrogen-bond acceptors (Lipinski definition) is 8. The van der Waals surface area contributed by atoms with Crippen molar-refractivity contribution in [3.05, 3.63) is 0 Å². The molecule has 0 radical (unpaired) electrons. The molecule has 31 heavy (non-hydrogen) atoms. The minimum Gasteiger partial charge on any atom is -0.481 e. The Morgan fingerprint density at radius 1 is 0.903 bits per heavy atom. The largest absolute Gasteiger partial charge is 0.481 e. The number of amides is 4. The first-order valence-electron chi connectivity index (χ1n) is 9.30. The average molecular weight is 464 g/mol. The summed E-state index contributed by atoms with van der Waals surface area (Å²) in [6.07, 6.45) is -1.38. The van der Waals surface area contributed by atoms with Gasteiger partial charge in [0.15, 0.2) is 0 Å². The van der Waals surface area contributed by atoms with Crippen LogP contribution in [0.1, 0.15) is 33.1 Å². The van der Waals surface area contributed by atoms with Crippen molar-refractivity contribution >= 4 is 48.2 Å². The number of carbonyl (C=O) groups excluding carboxylic acids is 4. The second-order valence-corrected chi connectivity index (χ2v) is 7.45. The van der Waals surface area contributed by atoms with Gasteiger partial charge < -0.3 is 37.6 Å². The first-order valence-corrected chi connectivity index (χ1v) is 9.93. The first-order chi connectivity index (χ1) is 14.3. The molecule has 4 amide bonds. The van der Waals surface area contributed by atoms with Crippen molar-refractivity contribution in [1.29, 1.82) is 0 Å². The fourth-order valence-electron chi connectivity index (χ4n) is 2.34. The van der Waals surface area contributed by atoms with E-state index in [0.29, 0.717) is 0 Å². The molecule has 0 saturated heterocycles. The van der Waals surface area contributed by atoms with Crippen LogP contribution in [0.25, 0.3) is 0 Å². The highest BCUT2D eigenvalue weighted by Crippen LogP contribution is 2.05. The molecule has 0 aromatic carbocycles. The van der Waals surface area contributed by atoms with Crippen molar-refractivity contribution in [2.24, 2.45) is 17.4 Å². The number of nitrogens with one attached hydrogen (secondary N) is 3. The number of carbonyl (C=O) groups is 6. The molecule has 14 heteroatoms. The van der Waals surface area contributed by atoms with Gasteiger partial charge in [0.1, 0.15) is 18.1 Å². The van der Waals surface area contributed by atoms with E-state index in [9.17, 15) is 33.9 Å². The van der Waals surface area contributed by atoms with Gasteiger partial charge >= 0.3 is 11.9 Å². The lowest BCUT2D eigenvalue weighted by Gasteiger charge is -2.25. The molecule has 0 saturated carbocycles. The van der Waals surface area contributed by atoms with Crippen molar-refractivity contribution in [3.63, 3.8) is 0 Å². The number of hydrogen-bond donors (Lipinski definition) is 8. The molecule has 4 unspecified atom stereocenters. The lowest BCUT2D eigenvalue weighted by Crippen LogP contribution is -2.58. The third kappa shape index (κ3) is 10.6. The van der Waals surface area contributed by atoms with Crippen LogP contribution in [0.5, 0.6) is 0 Å². The van der Waals surface area contributed by atoms with Crippen molar-refractivity contribution < 1.29 is 39.0 Å². The van der Waals surface area contributed by atoms with E-state index < -0.39 is 72.1 Å². The summed E-state index contributed by atoms with van der Waals surface area (Å²) in [5.41, 5.74) is 10.6. The summed E-state index contributed by atoms with van der Waals surface area (Å²) in [6, 6.07) is -5.38. The van der Waals surface area contributed by atoms with Crippen molar-refractivity contribution in [1.82, 2.24) is 16.0 Å². The predicted molar refractivity (Wildman–Crippen MR) is 111 cm³/mol. The molecule has 0 aliphatic heterocycles. The fraction of sp³-hybridized carbons (Fsp3) is 0.647. The maximum absolute atomic E-state index is 12.6. The number of rotatable bonds is 14. The number of carboxylic acids is 2. The Balaban J connectivity index is 5.53. The number of carboxylic acid groups (broad SMARTS) is 2. The maximum atomic E-state index is 12.6. The van der Waals surface area contributed by atoms with Crippen LogP contribution in [-0.4, -0.2) is 75.7 Å². The van der Waals surface area contributed by atoms with E-state index in [1.807, 2.05) is 0 Å². The van der Waals surface area contributed by atoms with Crippen LogP contribution in [0.4, 0.5) is 0 Å². The molecule has 0 aliphatic rings. The van der Waals surface area contributed by atoms with Crippen LogP contribution in [-0.2, 0) is 28.8 Å². The molecule has 176 valence electrons. The van der Waals surface area contributed by atoms with Crippen LogP contribution in [0.3, 0.4) is 0 Å². The SMILES string of the molecule is CC(C)C(NC(=O)C(CC(=O)O)NC(=O)C(CCC(N)=O)NC(=O)C(N)CS)C(=O)O. The average Bonchev–Trinajstić information content (AvgIpc) is 2.66. The van der Waals surface area contributed by atoms with E-state index in [0.717, 1.165) is 0 Å². The second-order valence-electron chi connectivity index (χ2n) is 7.08. The Kier molecular flexibility index (Phi) is 12.2. The second kappa shape index (κ2) is 13.4. The Labute approximate surface area is 184 Å². The maximum Gasteiger partial charge on any atom is 0.326 e. The van der Waals surface area contributed by atoms with Gasteiger partial charge in [0.25, 0.3) is 0 Å². The number of primary amides is 1. The Morgan fingerprint density at radius 3 is 1.84 bits per heavy atom. The van der Waals surface area contributed by atoms with Crippen LogP contribution < -0.4 is 27.4 Å². The molecule has 4 atom stereocenters. The number of thiol groups is 1. The zero-order valence-corrected chi connectivity index (χ0v) is 18.1. The van der Waals surface area contributed by atoms with Gasteiger partial charge in [-0.05, 0) is 12.3 Å². The van der Waals surface area contributed by atoms with E-state index in [4.69, 9.17) is 16.6 Å². The van der Waals surface area contributed by atoms with Gasteiger partial charge in [-0.2, -0.15) is 12.6 Å². The molecule has 0 rings (SSSR count). The Hall–Kier alpha value is -2.87. The molecule has 0 bridgehead atoms. The normalized spacial score (nSPS) is 14.6. The van der Waals surface area contributed by atoms with Gasteiger partial charge in [-0.1, -0.05) is 13.8 Å². The third-order valence-electron chi connectivity index (χ3n) is 4.09. The zero-order chi connectivity index (χ0) is 24.3. The number of nitrogens with two attached hydrogens (primary N) is 2. The molecule has 0 aliphatic carbocycles. The van der Waals surface area contributed by atoms with E-state index in [1.165, 1.54) is 13.8 Å². The lowest BCUT2D eigenvalue weighted by atomic mass is 10.0. The van der Waals surface area contributed by atoms with Gasteiger partial charge in [-0.15, -0.1) is 0 Å². The molecule has 0 fully saturated rings. The Morgan fingerprint density at radius 2 is 1.42 bits per heavy atom. The van der Waals surface area contributed by atoms with Crippen molar-refractivity contribution in [2.75, 3.05) is 5.75 Å². The summed E-state index contributed by atoms with van der Waals surface area (Å²) in [4.78, 5) is 70.6. The number of aliphatic carboxylic acids is 2. The monoisotopic (exact) mass is 463 g/mol. The fourth-order valence-corrected chi connectivity index (χ4v) is 2.51. The Bertz CT molecular complexity index is 702. The van der Waals surface area contributed by atoms with Gasteiger partial charge in [-0.25, -0.2) is 4.79 Å². The first kappa shape index (κ1) is 28.1. The van der Waals surface area contributed by atoms with E-state index in [1.54, 1.807) is 0 Å². The minimum absolute atomic E-state index is 0.0359. The van der Waals surface area contributed by atoms with Crippen molar-refractivity contribution in [3.8, 4) is 0 Å². The summed E-state index contributed by atoms with van der Waals surface area (Å²) in [5, 5.41) is 24.9. The van der Waals surface area contributed by atoms with Crippen LogP contribution >= 0.6 is 12.6 Å². The van der Waals surface area contributed by atoms with E-state index in [2.05, 4.69) is 28.6 Å². The summed E-state index contributed by atoms with van der Waals surface area (Å²) >= 11 is 3.87.